The number of nitrogens with zero attached hydrogens (tertiary/aromatic N) is 1. The van der Waals surface area contributed by atoms with Crippen LogP contribution < -0.4 is 0 Å². The molecule has 2 aromatic heterocycles. The van der Waals surface area contributed by atoms with Crippen LogP contribution in [0, 0.1) is 6.92 Å². The molecule has 0 aliphatic carbocycles. The van der Waals surface area contributed by atoms with Crippen LogP contribution in [0.2, 0.25) is 0 Å². The van der Waals surface area contributed by atoms with E-state index in [4.69, 9.17) is 9.52 Å². The van der Waals surface area contributed by atoms with Gasteiger partial charge in [-0.3, -0.25) is 4.98 Å². The van der Waals surface area contributed by atoms with Crippen LogP contribution >= 0.6 is 0 Å². The highest BCUT2D eigenvalue weighted by molar-refractivity contribution is 5.56. The number of furan rings is 1. The van der Waals surface area contributed by atoms with E-state index in [-0.39, 0.29) is 6.61 Å². The van der Waals surface area contributed by atoms with Crippen molar-refractivity contribution in [3.8, 4) is 11.5 Å². The van der Waals surface area contributed by atoms with E-state index in [0.717, 1.165) is 11.3 Å². The van der Waals surface area contributed by atoms with Gasteiger partial charge in [0.05, 0.1) is 0 Å². The van der Waals surface area contributed by atoms with Gasteiger partial charge in [-0.2, -0.15) is 0 Å². The Hall–Kier alpha value is -1.61. The highest BCUT2D eigenvalue weighted by Crippen LogP contribution is 2.22. The Kier molecular flexibility index (Phi) is 2.33. The molecule has 0 atom stereocenters. The number of rotatable bonds is 2. The fourth-order valence-corrected chi connectivity index (χ4v) is 1.33. The molecule has 0 fully saturated rings. The minimum Gasteiger partial charge on any atom is -0.457 e. The molecule has 2 heterocycles. The third kappa shape index (κ3) is 1.54. The second-order valence-corrected chi connectivity index (χ2v) is 3.09. The second-order valence-electron chi connectivity index (χ2n) is 3.09. The summed E-state index contributed by atoms with van der Waals surface area (Å²) in [5, 5.41) is 8.85. The Balaban J connectivity index is 2.44. The van der Waals surface area contributed by atoms with Gasteiger partial charge in [-0.15, -0.1) is 0 Å². The van der Waals surface area contributed by atoms with Gasteiger partial charge in [-0.1, -0.05) is 6.07 Å². The van der Waals surface area contributed by atoms with Gasteiger partial charge in [0.15, 0.2) is 5.76 Å². The Morgan fingerprint density at radius 1 is 1.36 bits per heavy atom. The average molecular weight is 189 g/mol. The van der Waals surface area contributed by atoms with Gasteiger partial charge in [0.1, 0.15) is 18.1 Å². The lowest BCUT2D eigenvalue weighted by Crippen LogP contribution is -1.84. The largest absolute Gasteiger partial charge is 0.457 e. The van der Waals surface area contributed by atoms with Crippen LogP contribution in [0.4, 0.5) is 0 Å². The summed E-state index contributed by atoms with van der Waals surface area (Å²) in [6.45, 7) is 1.90. The fraction of sp³-hybridized carbons (Fsp3) is 0.182. The van der Waals surface area contributed by atoms with E-state index in [9.17, 15) is 0 Å². The number of aliphatic hydroxyl groups is 1. The lowest BCUT2D eigenvalue weighted by molar-refractivity contribution is 0.248. The predicted molar refractivity (Wildman–Crippen MR) is 52.6 cm³/mol. The van der Waals surface area contributed by atoms with Crippen molar-refractivity contribution in [3.63, 3.8) is 0 Å². The Morgan fingerprint density at radius 3 is 2.86 bits per heavy atom. The van der Waals surface area contributed by atoms with Crippen LogP contribution in [0.25, 0.3) is 11.5 Å². The van der Waals surface area contributed by atoms with E-state index in [1.807, 2.05) is 25.1 Å². The van der Waals surface area contributed by atoms with Gasteiger partial charge < -0.3 is 9.52 Å². The molecular weight excluding hydrogens is 178 g/mol. The maximum absolute atomic E-state index is 8.85. The maximum atomic E-state index is 8.85. The van der Waals surface area contributed by atoms with Crippen molar-refractivity contribution >= 4 is 0 Å². The summed E-state index contributed by atoms with van der Waals surface area (Å²) in [6, 6.07) is 7.43. The number of hydrogen-bond acceptors (Lipinski definition) is 3. The second kappa shape index (κ2) is 3.64. The molecule has 0 bridgehead atoms. The van der Waals surface area contributed by atoms with Crippen LogP contribution in [0.5, 0.6) is 0 Å². The van der Waals surface area contributed by atoms with Gasteiger partial charge in [0, 0.05) is 6.20 Å². The van der Waals surface area contributed by atoms with Gasteiger partial charge >= 0.3 is 0 Å². The number of aromatic nitrogens is 1. The molecule has 0 amide bonds. The molecule has 2 aromatic rings. The van der Waals surface area contributed by atoms with Crippen molar-refractivity contribution in [1.82, 2.24) is 4.98 Å². The highest BCUT2D eigenvalue weighted by atomic mass is 16.4. The molecule has 0 radical (unpaired) electrons. The van der Waals surface area contributed by atoms with Gasteiger partial charge in [0.25, 0.3) is 0 Å². The molecule has 0 aliphatic heterocycles. The van der Waals surface area contributed by atoms with Crippen LogP contribution in [0.15, 0.2) is 34.9 Å². The summed E-state index contributed by atoms with van der Waals surface area (Å²) < 4.78 is 5.39. The summed E-state index contributed by atoms with van der Waals surface area (Å²) >= 11 is 0. The first-order valence-corrected chi connectivity index (χ1v) is 4.43. The molecule has 0 aliphatic rings. The van der Waals surface area contributed by atoms with Crippen molar-refractivity contribution in [1.29, 1.82) is 0 Å². The van der Waals surface area contributed by atoms with Crippen LogP contribution in [0.3, 0.4) is 0 Å². The SMILES string of the molecule is Cc1cccnc1-c1ccc(CO)o1. The number of aryl methyl sites for hydroxylation is 1. The van der Waals surface area contributed by atoms with Crippen molar-refractivity contribution < 1.29 is 9.52 Å². The Morgan fingerprint density at radius 2 is 2.21 bits per heavy atom. The zero-order valence-corrected chi connectivity index (χ0v) is 7.90. The normalized spacial score (nSPS) is 10.4. The van der Waals surface area contributed by atoms with E-state index in [2.05, 4.69) is 4.98 Å². The molecule has 0 aromatic carbocycles. The summed E-state index contributed by atoms with van der Waals surface area (Å²) in [4.78, 5) is 4.22. The first-order valence-electron chi connectivity index (χ1n) is 4.43. The van der Waals surface area contributed by atoms with Crippen molar-refractivity contribution in [3.05, 3.63) is 41.8 Å². The molecule has 72 valence electrons. The Labute approximate surface area is 82.0 Å². The standard InChI is InChI=1S/C11H11NO2/c1-8-3-2-6-12-11(8)10-5-4-9(7-13)14-10/h2-6,13H,7H2,1H3. The summed E-state index contributed by atoms with van der Waals surface area (Å²) in [5.74, 6) is 1.26. The summed E-state index contributed by atoms with van der Waals surface area (Å²) in [5.41, 5.74) is 1.89. The van der Waals surface area contributed by atoms with E-state index >= 15 is 0 Å². The zero-order chi connectivity index (χ0) is 9.97. The first-order chi connectivity index (χ1) is 6.81. The minimum absolute atomic E-state index is 0.0775. The monoisotopic (exact) mass is 189 g/mol. The molecule has 2 rings (SSSR count). The maximum Gasteiger partial charge on any atom is 0.153 e. The van der Waals surface area contributed by atoms with E-state index in [0.29, 0.717) is 11.5 Å². The molecule has 0 saturated carbocycles. The van der Waals surface area contributed by atoms with Gasteiger partial charge in [0.2, 0.25) is 0 Å². The number of aliphatic hydroxyl groups excluding tert-OH is 1. The lowest BCUT2D eigenvalue weighted by Gasteiger charge is -1.99. The van der Waals surface area contributed by atoms with Crippen molar-refractivity contribution in [2.75, 3.05) is 0 Å². The lowest BCUT2D eigenvalue weighted by atomic mass is 10.2. The molecule has 1 N–H and O–H groups in total. The van der Waals surface area contributed by atoms with Crippen molar-refractivity contribution in [2.24, 2.45) is 0 Å². The molecular formula is C11H11NO2. The molecule has 0 unspecified atom stereocenters. The molecule has 14 heavy (non-hydrogen) atoms. The van der Waals surface area contributed by atoms with Gasteiger partial charge in [-0.25, -0.2) is 0 Å². The van der Waals surface area contributed by atoms with E-state index < -0.39 is 0 Å². The summed E-state index contributed by atoms with van der Waals surface area (Å²) in [7, 11) is 0. The highest BCUT2D eigenvalue weighted by Gasteiger charge is 2.07. The molecule has 0 saturated heterocycles. The smallest absolute Gasteiger partial charge is 0.153 e. The Bertz CT molecular complexity index is 434. The first kappa shape index (κ1) is 8.97. The molecule has 3 nitrogen and oxygen atoms in total. The van der Waals surface area contributed by atoms with Crippen LogP contribution in [-0.2, 0) is 6.61 Å². The van der Waals surface area contributed by atoms with Crippen LogP contribution in [0.1, 0.15) is 11.3 Å². The molecule has 3 heteroatoms. The van der Waals surface area contributed by atoms with Crippen LogP contribution in [-0.4, -0.2) is 10.1 Å². The predicted octanol–water partition coefficient (Wildman–Crippen LogP) is 2.14. The summed E-state index contributed by atoms with van der Waals surface area (Å²) in [6.07, 6.45) is 1.73. The van der Waals surface area contributed by atoms with E-state index in [1.54, 1.807) is 12.3 Å². The fourth-order valence-electron chi connectivity index (χ4n) is 1.33. The third-order valence-electron chi connectivity index (χ3n) is 2.06. The minimum atomic E-state index is -0.0775. The van der Waals surface area contributed by atoms with E-state index in [1.165, 1.54) is 0 Å². The quantitative estimate of drug-likeness (QED) is 0.787. The molecule has 0 spiro atoms. The topological polar surface area (TPSA) is 46.3 Å². The number of pyridine rings is 1. The third-order valence-corrected chi connectivity index (χ3v) is 2.06. The van der Waals surface area contributed by atoms with Gasteiger partial charge in [-0.05, 0) is 30.7 Å². The zero-order valence-electron chi connectivity index (χ0n) is 7.90. The van der Waals surface area contributed by atoms with Crippen molar-refractivity contribution in [2.45, 2.75) is 13.5 Å². The number of hydrogen-bond donors (Lipinski definition) is 1. The average Bonchev–Trinajstić information content (AvgIpc) is 2.67.